The molecule has 0 aliphatic carbocycles. The molecule has 21 heavy (non-hydrogen) atoms. The zero-order chi connectivity index (χ0) is 14.7. The number of rotatable bonds is 4. The number of nitrogens with one attached hydrogen (secondary N) is 1. The van der Waals surface area contributed by atoms with Crippen LogP contribution in [0.4, 0.5) is 5.95 Å². The smallest absolute Gasteiger partial charge is 0.223 e. The van der Waals surface area contributed by atoms with E-state index in [1.165, 1.54) is 5.56 Å². The van der Waals surface area contributed by atoms with Crippen LogP contribution in [-0.4, -0.2) is 23.1 Å². The minimum absolute atomic E-state index is 0.171. The Bertz CT molecular complexity index is 580. The van der Waals surface area contributed by atoms with Crippen molar-refractivity contribution >= 4 is 5.95 Å². The summed E-state index contributed by atoms with van der Waals surface area (Å²) in [6.07, 6.45) is 1.24. The average Bonchev–Trinajstić information content (AvgIpc) is 2.93. The molecule has 1 fully saturated rings. The number of nitrogens with zero attached hydrogens (tertiary/aromatic N) is 2. The van der Waals surface area contributed by atoms with E-state index in [9.17, 15) is 0 Å². The lowest BCUT2D eigenvalue weighted by Gasteiger charge is -2.19. The molecular weight excluding hydrogens is 262 g/mol. The van der Waals surface area contributed by atoms with E-state index in [4.69, 9.17) is 4.74 Å². The van der Waals surface area contributed by atoms with Crippen molar-refractivity contribution in [3.63, 3.8) is 0 Å². The number of anilines is 1. The highest BCUT2D eigenvalue weighted by Gasteiger charge is 2.29. The largest absolute Gasteiger partial charge is 0.373 e. The van der Waals surface area contributed by atoms with E-state index in [2.05, 4.69) is 39.6 Å². The first-order chi connectivity index (χ1) is 10.2. The van der Waals surface area contributed by atoms with Crippen LogP contribution in [0, 0.1) is 19.8 Å². The molecule has 1 saturated heterocycles. The molecule has 0 bridgehead atoms. The van der Waals surface area contributed by atoms with E-state index in [0.29, 0.717) is 11.9 Å². The summed E-state index contributed by atoms with van der Waals surface area (Å²) >= 11 is 0. The van der Waals surface area contributed by atoms with Crippen LogP contribution in [0.2, 0.25) is 0 Å². The molecule has 0 radical (unpaired) electrons. The summed E-state index contributed by atoms with van der Waals surface area (Å²) in [5.74, 6) is 1.17. The second-order valence-electron chi connectivity index (χ2n) is 5.61. The average molecular weight is 283 g/mol. The van der Waals surface area contributed by atoms with Crippen LogP contribution in [0.15, 0.2) is 36.4 Å². The third-order valence-electron chi connectivity index (χ3n) is 3.85. The molecule has 2 atom stereocenters. The topological polar surface area (TPSA) is 47.0 Å². The van der Waals surface area contributed by atoms with Crippen LogP contribution in [0.5, 0.6) is 0 Å². The predicted octanol–water partition coefficient (Wildman–Crippen LogP) is 3.28. The van der Waals surface area contributed by atoms with Gasteiger partial charge in [-0.25, -0.2) is 9.97 Å². The van der Waals surface area contributed by atoms with Crippen LogP contribution in [-0.2, 0) is 4.74 Å². The number of benzene rings is 1. The zero-order valence-corrected chi connectivity index (χ0v) is 12.5. The summed E-state index contributed by atoms with van der Waals surface area (Å²) in [5.41, 5.74) is 3.24. The second kappa shape index (κ2) is 6.22. The zero-order valence-electron chi connectivity index (χ0n) is 12.5. The minimum Gasteiger partial charge on any atom is -0.373 e. The Kier molecular flexibility index (Phi) is 4.15. The quantitative estimate of drug-likeness (QED) is 0.935. The summed E-state index contributed by atoms with van der Waals surface area (Å²) in [6, 6.07) is 12.4. The number of hydrogen-bond donors (Lipinski definition) is 1. The molecule has 0 saturated carbocycles. The van der Waals surface area contributed by atoms with Crippen molar-refractivity contribution in [3.8, 4) is 0 Å². The fourth-order valence-corrected chi connectivity index (χ4v) is 2.88. The summed E-state index contributed by atoms with van der Waals surface area (Å²) in [6.45, 7) is 5.64. The van der Waals surface area contributed by atoms with Gasteiger partial charge in [0.2, 0.25) is 5.95 Å². The van der Waals surface area contributed by atoms with Crippen LogP contribution in [0.3, 0.4) is 0 Å². The van der Waals surface area contributed by atoms with Crippen LogP contribution >= 0.6 is 0 Å². The molecule has 1 aliphatic heterocycles. The van der Waals surface area contributed by atoms with Gasteiger partial charge in [0, 0.05) is 30.5 Å². The molecule has 0 spiro atoms. The maximum atomic E-state index is 5.91. The fourth-order valence-electron chi connectivity index (χ4n) is 2.88. The van der Waals surface area contributed by atoms with Gasteiger partial charge >= 0.3 is 0 Å². The minimum atomic E-state index is 0.171. The van der Waals surface area contributed by atoms with E-state index in [-0.39, 0.29) is 6.10 Å². The molecule has 2 aromatic rings. The lowest BCUT2D eigenvalue weighted by Crippen LogP contribution is -2.19. The number of aryl methyl sites for hydroxylation is 2. The van der Waals surface area contributed by atoms with Crippen LogP contribution in [0.25, 0.3) is 0 Å². The van der Waals surface area contributed by atoms with Crippen molar-refractivity contribution < 1.29 is 4.74 Å². The van der Waals surface area contributed by atoms with Crippen molar-refractivity contribution in [1.82, 2.24) is 9.97 Å². The molecular formula is C17H21N3O. The molecule has 1 aliphatic rings. The van der Waals surface area contributed by atoms with Crippen molar-refractivity contribution in [3.05, 3.63) is 53.3 Å². The van der Waals surface area contributed by atoms with E-state index in [1.807, 2.05) is 26.0 Å². The molecule has 1 N–H and O–H groups in total. The highest BCUT2D eigenvalue weighted by molar-refractivity contribution is 5.28. The summed E-state index contributed by atoms with van der Waals surface area (Å²) in [7, 11) is 0. The van der Waals surface area contributed by atoms with E-state index in [1.54, 1.807) is 0 Å². The van der Waals surface area contributed by atoms with Gasteiger partial charge in [-0.2, -0.15) is 0 Å². The molecule has 3 rings (SSSR count). The SMILES string of the molecule is Cc1cc(C)nc(NCC2CCOC2c2ccccc2)n1. The molecule has 4 nitrogen and oxygen atoms in total. The molecule has 0 amide bonds. The maximum Gasteiger partial charge on any atom is 0.223 e. The van der Waals surface area contributed by atoms with Gasteiger partial charge in [0.25, 0.3) is 0 Å². The van der Waals surface area contributed by atoms with Crippen molar-refractivity contribution in [2.24, 2.45) is 5.92 Å². The Morgan fingerprint density at radius 3 is 2.57 bits per heavy atom. The highest BCUT2D eigenvalue weighted by Crippen LogP contribution is 2.34. The third-order valence-corrected chi connectivity index (χ3v) is 3.85. The summed E-state index contributed by atoms with van der Waals surface area (Å²) in [4.78, 5) is 8.86. The first-order valence-electron chi connectivity index (χ1n) is 7.45. The number of hydrogen-bond acceptors (Lipinski definition) is 4. The number of ether oxygens (including phenoxy) is 1. The predicted molar refractivity (Wildman–Crippen MR) is 83.2 cm³/mol. The van der Waals surface area contributed by atoms with Gasteiger partial charge in [-0.05, 0) is 31.9 Å². The van der Waals surface area contributed by atoms with Gasteiger partial charge in [-0.15, -0.1) is 0 Å². The van der Waals surface area contributed by atoms with Gasteiger partial charge in [0.15, 0.2) is 0 Å². The molecule has 2 unspecified atom stereocenters. The van der Waals surface area contributed by atoms with Gasteiger partial charge in [0.1, 0.15) is 0 Å². The maximum absolute atomic E-state index is 5.91. The highest BCUT2D eigenvalue weighted by atomic mass is 16.5. The van der Waals surface area contributed by atoms with Crippen molar-refractivity contribution in [2.75, 3.05) is 18.5 Å². The van der Waals surface area contributed by atoms with Crippen molar-refractivity contribution in [1.29, 1.82) is 0 Å². The first kappa shape index (κ1) is 14.0. The third kappa shape index (κ3) is 3.39. The summed E-state index contributed by atoms with van der Waals surface area (Å²) in [5, 5.41) is 3.37. The van der Waals surface area contributed by atoms with Crippen LogP contribution in [0.1, 0.15) is 29.5 Å². The lowest BCUT2D eigenvalue weighted by atomic mass is 9.95. The van der Waals surface area contributed by atoms with Gasteiger partial charge in [-0.1, -0.05) is 30.3 Å². The van der Waals surface area contributed by atoms with Gasteiger partial charge < -0.3 is 10.1 Å². The van der Waals surface area contributed by atoms with E-state index >= 15 is 0 Å². The molecule has 110 valence electrons. The lowest BCUT2D eigenvalue weighted by molar-refractivity contribution is 0.0933. The first-order valence-corrected chi connectivity index (χ1v) is 7.45. The molecule has 4 heteroatoms. The molecule has 1 aromatic carbocycles. The molecule has 2 heterocycles. The fraction of sp³-hybridized carbons (Fsp3) is 0.412. The normalized spacial score (nSPS) is 21.4. The van der Waals surface area contributed by atoms with Crippen molar-refractivity contribution in [2.45, 2.75) is 26.4 Å². The molecule has 1 aromatic heterocycles. The Morgan fingerprint density at radius 2 is 1.86 bits per heavy atom. The second-order valence-corrected chi connectivity index (χ2v) is 5.61. The Morgan fingerprint density at radius 1 is 1.14 bits per heavy atom. The Hall–Kier alpha value is -1.94. The van der Waals surface area contributed by atoms with E-state index < -0.39 is 0 Å². The summed E-state index contributed by atoms with van der Waals surface area (Å²) < 4.78 is 5.91. The Balaban J connectivity index is 1.67. The van der Waals surface area contributed by atoms with E-state index in [0.717, 1.165) is 31.0 Å². The standard InChI is InChI=1S/C17H21N3O/c1-12-10-13(2)20-17(19-12)18-11-15-8-9-21-16(15)14-6-4-3-5-7-14/h3-7,10,15-16H,8-9,11H2,1-2H3,(H,18,19,20). The Labute approximate surface area is 125 Å². The monoisotopic (exact) mass is 283 g/mol. The van der Waals surface area contributed by atoms with Gasteiger partial charge in [-0.3, -0.25) is 0 Å². The van der Waals surface area contributed by atoms with Crippen LogP contribution < -0.4 is 5.32 Å². The number of aromatic nitrogens is 2. The van der Waals surface area contributed by atoms with Gasteiger partial charge in [0.05, 0.1) is 6.10 Å².